The van der Waals surface area contributed by atoms with Crippen LogP contribution < -0.4 is 0 Å². The first-order valence-electron chi connectivity index (χ1n) is 10.3. The van der Waals surface area contributed by atoms with Crippen molar-refractivity contribution < 1.29 is 24.9 Å². The molecule has 4 aliphatic rings. The first-order valence-corrected chi connectivity index (χ1v) is 10.3. The van der Waals surface area contributed by atoms with Gasteiger partial charge in [0.1, 0.15) is 18.0 Å². The van der Waals surface area contributed by atoms with E-state index in [1.165, 1.54) is 11.1 Å². The van der Waals surface area contributed by atoms with Gasteiger partial charge >= 0.3 is 0 Å². The van der Waals surface area contributed by atoms with E-state index in [-0.39, 0.29) is 23.2 Å². The summed E-state index contributed by atoms with van der Waals surface area (Å²) in [6, 6.07) is 0. The second kappa shape index (κ2) is 5.98. The molecule has 27 heavy (non-hydrogen) atoms. The van der Waals surface area contributed by atoms with Crippen LogP contribution in [-0.2, 0) is 9.59 Å². The zero-order valence-corrected chi connectivity index (χ0v) is 16.6. The van der Waals surface area contributed by atoms with Crippen LogP contribution in [0.2, 0.25) is 0 Å². The molecule has 4 rings (SSSR count). The van der Waals surface area contributed by atoms with Gasteiger partial charge in [0.15, 0.2) is 5.78 Å². The minimum atomic E-state index is -1.56. The summed E-state index contributed by atoms with van der Waals surface area (Å²) in [6.07, 6.45) is 3.53. The Bertz CT molecular complexity index is 726. The van der Waals surface area contributed by atoms with Gasteiger partial charge in [0.05, 0.1) is 6.10 Å². The third-order valence-electron chi connectivity index (χ3n) is 8.99. The quantitative estimate of drug-likeness (QED) is 0.642. The van der Waals surface area contributed by atoms with Crippen LogP contribution in [0.5, 0.6) is 0 Å². The molecule has 5 heteroatoms. The maximum atomic E-state index is 12.4. The summed E-state index contributed by atoms with van der Waals surface area (Å²) in [5.41, 5.74) is 0.0317. The molecule has 3 N–H and O–H groups in total. The zero-order chi connectivity index (χ0) is 19.8. The van der Waals surface area contributed by atoms with Crippen LogP contribution in [0.15, 0.2) is 11.1 Å². The van der Waals surface area contributed by atoms with Crippen molar-refractivity contribution >= 4 is 11.6 Å². The number of allylic oxidation sites excluding steroid dienone is 2. The molecule has 0 aromatic carbocycles. The average molecular weight is 376 g/mol. The normalized spacial score (nSPS) is 49.5. The lowest BCUT2D eigenvalue weighted by Gasteiger charge is -2.60. The second-order valence-electron chi connectivity index (χ2n) is 10.1. The van der Waals surface area contributed by atoms with Crippen LogP contribution in [0.1, 0.15) is 65.7 Å². The molecule has 0 bridgehead atoms. The topological polar surface area (TPSA) is 94.8 Å². The van der Waals surface area contributed by atoms with Crippen molar-refractivity contribution in [2.24, 2.45) is 28.6 Å². The highest BCUT2D eigenvalue weighted by Gasteiger charge is 2.68. The Labute approximate surface area is 160 Å². The molecule has 3 fully saturated rings. The van der Waals surface area contributed by atoms with Crippen molar-refractivity contribution in [3.05, 3.63) is 11.1 Å². The lowest BCUT2D eigenvalue weighted by molar-refractivity contribution is -0.180. The van der Waals surface area contributed by atoms with E-state index in [2.05, 4.69) is 13.8 Å². The zero-order valence-electron chi connectivity index (χ0n) is 16.6. The van der Waals surface area contributed by atoms with E-state index >= 15 is 0 Å². The molecule has 3 saturated carbocycles. The van der Waals surface area contributed by atoms with E-state index in [4.69, 9.17) is 0 Å². The fourth-order valence-electron chi connectivity index (χ4n) is 7.65. The summed E-state index contributed by atoms with van der Waals surface area (Å²) < 4.78 is 0. The van der Waals surface area contributed by atoms with E-state index in [9.17, 15) is 24.9 Å². The molecular formula is C22H32O5. The molecule has 150 valence electrons. The van der Waals surface area contributed by atoms with Crippen molar-refractivity contribution in [2.75, 3.05) is 6.61 Å². The highest BCUT2D eigenvalue weighted by molar-refractivity contribution is 5.89. The summed E-state index contributed by atoms with van der Waals surface area (Å²) in [5, 5.41) is 31.9. The number of Topliss-reactive ketones (excluding diaryl/α,β-unsaturated/α-hetero) is 2. The van der Waals surface area contributed by atoms with E-state index in [1.807, 2.05) is 6.92 Å². The third-order valence-corrected chi connectivity index (χ3v) is 8.99. The molecule has 0 unspecified atom stereocenters. The van der Waals surface area contributed by atoms with E-state index in [0.29, 0.717) is 31.5 Å². The highest BCUT2D eigenvalue weighted by Crippen LogP contribution is 2.67. The molecule has 0 saturated heterocycles. The number of rotatable bonds is 2. The average Bonchev–Trinajstić information content (AvgIpc) is 2.87. The Kier molecular flexibility index (Phi) is 4.27. The minimum Gasteiger partial charge on any atom is -0.393 e. The number of fused-ring (bicyclic) bond motifs is 5. The monoisotopic (exact) mass is 376 g/mol. The SMILES string of the molecule is CC1=C2CC(=O)CC[C@]2(C)[C@@H]2[C@@H](C1)[C@@H]1CC[C@](O)(C(=O)CO)[C@@]1(C)C[C@@H]2O. The molecule has 0 aromatic rings. The van der Waals surface area contributed by atoms with Gasteiger partial charge < -0.3 is 15.3 Å². The largest absolute Gasteiger partial charge is 0.393 e. The highest BCUT2D eigenvalue weighted by atomic mass is 16.3. The van der Waals surface area contributed by atoms with Gasteiger partial charge in [-0.2, -0.15) is 0 Å². The summed E-state index contributed by atoms with van der Waals surface area (Å²) in [5.74, 6) is 0.170. The van der Waals surface area contributed by atoms with E-state index < -0.39 is 29.5 Å². The summed E-state index contributed by atoms with van der Waals surface area (Å²) in [7, 11) is 0. The smallest absolute Gasteiger partial charge is 0.190 e. The Hall–Kier alpha value is -1.04. The van der Waals surface area contributed by atoms with Gasteiger partial charge in [-0.15, -0.1) is 0 Å². The Morgan fingerprint density at radius 2 is 1.96 bits per heavy atom. The van der Waals surface area contributed by atoms with E-state index in [0.717, 1.165) is 19.3 Å². The molecule has 0 amide bonds. The number of hydrogen-bond donors (Lipinski definition) is 3. The van der Waals surface area contributed by atoms with Crippen molar-refractivity contribution in [3.63, 3.8) is 0 Å². The first-order chi connectivity index (χ1) is 12.6. The lowest BCUT2D eigenvalue weighted by atomic mass is 9.45. The van der Waals surface area contributed by atoms with Crippen molar-refractivity contribution in [2.45, 2.75) is 77.4 Å². The third kappa shape index (κ3) is 2.34. The molecule has 0 spiro atoms. The molecule has 5 nitrogen and oxygen atoms in total. The van der Waals surface area contributed by atoms with Gasteiger partial charge in [0.2, 0.25) is 0 Å². The maximum absolute atomic E-state index is 12.4. The molecule has 4 aliphatic carbocycles. The number of ketones is 2. The van der Waals surface area contributed by atoms with Gasteiger partial charge in [-0.3, -0.25) is 9.59 Å². The predicted octanol–water partition coefficient (Wildman–Crippen LogP) is 2.17. The fourth-order valence-corrected chi connectivity index (χ4v) is 7.65. The molecule has 0 heterocycles. The Balaban J connectivity index is 1.78. The second-order valence-corrected chi connectivity index (χ2v) is 10.1. The number of carbonyl (C=O) groups excluding carboxylic acids is 2. The number of aliphatic hydroxyl groups excluding tert-OH is 2. The fraction of sp³-hybridized carbons (Fsp3) is 0.818. The molecule has 0 aromatic heterocycles. The predicted molar refractivity (Wildman–Crippen MR) is 99.8 cm³/mol. The number of carbonyl (C=O) groups is 2. The van der Waals surface area contributed by atoms with Crippen LogP contribution in [0, 0.1) is 28.6 Å². The lowest BCUT2D eigenvalue weighted by Crippen LogP contribution is -2.62. The van der Waals surface area contributed by atoms with Crippen LogP contribution in [0.25, 0.3) is 0 Å². The van der Waals surface area contributed by atoms with Crippen molar-refractivity contribution in [1.29, 1.82) is 0 Å². The summed E-state index contributed by atoms with van der Waals surface area (Å²) >= 11 is 0. The standard InChI is InChI=1S/C22H32O5/c1-12-8-14-15-5-7-22(27,18(26)11-23)21(15,3)10-17(25)19(14)20(2)6-4-13(24)9-16(12)20/h14-15,17,19,23,25,27H,4-11H2,1-3H3/t14-,15-,17-,19+,20-,21-,22-/m0/s1. The first kappa shape index (κ1) is 19.3. The van der Waals surface area contributed by atoms with Crippen LogP contribution in [0.3, 0.4) is 0 Å². The summed E-state index contributed by atoms with van der Waals surface area (Å²) in [4.78, 5) is 24.5. The number of aliphatic hydroxyl groups is 3. The minimum absolute atomic E-state index is 0.0638. The Morgan fingerprint density at radius 3 is 2.63 bits per heavy atom. The summed E-state index contributed by atoms with van der Waals surface area (Å²) in [6.45, 7) is 5.59. The van der Waals surface area contributed by atoms with Gasteiger partial charge in [0, 0.05) is 18.3 Å². The van der Waals surface area contributed by atoms with Gasteiger partial charge in [-0.05, 0) is 62.2 Å². The number of hydrogen-bond acceptors (Lipinski definition) is 5. The van der Waals surface area contributed by atoms with E-state index in [1.54, 1.807) is 0 Å². The van der Waals surface area contributed by atoms with Crippen LogP contribution in [-0.4, -0.2) is 45.2 Å². The van der Waals surface area contributed by atoms with Crippen molar-refractivity contribution in [3.8, 4) is 0 Å². The van der Waals surface area contributed by atoms with Gasteiger partial charge in [0.25, 0.3) is 0 Å². The molecular weight excluding hydrogens is 344 g/mol. The molecule has 7 atom stereocenters. The van der Waals surface area contributed by atoms with Crippen LogP contribution in [0.4, 0.5) is 0 Å². The molecule has 0 aliphatic heterocycles. The van der Waals surface area contributed by atoms with Crippen LogP contribution >= 0.6 is 0 Å². The molecule has 0 radical (unpaired) electrons. The Morgan fingerprint density at radius 1 is 1.26 bits per heavy atom. The maximum Gasteiger partial charge on any atom is 0.190 e. The van der Waals surface area contributed by atoms with Crippen molar-refractivity contribution in [1.82, 2.24) is 0 Å². The van der Waals surface area contributed by atoms with Gasteiger partial charge in [-0.25, -0.2) is 0 Å². The van der Waals surface area contributed by atoms with Gasteiger partial charge in [-0.1, -0.05) is 25.0 Å².